The van der Waals surface area contributed by atoms with Crippen molar-refractivity contribution in [3.8, 4) is 16.9 Å². The number of amides is 1. The van der Waals surface area contributed by atoms with E-state index in [4.69, 9.17) is 9.47 Å². The Balaban J connectivity index is 1.63. The minimum atomic E-state index is -1.28. The van der Waals surface area contributed by atoms with Gasteiger partial charge in [0.1, 0.15) is 18.4 Å². The molecule has 8 nitrogen and oxygen atoms in total. The number of ether oxygens (including phenoxy) is 2. The van der Waals surface area contributed by atoms with Crippen LogP contribution in [0.3, 0.4) is 0 Å². The molecule has 224 valence electrons. The molecule has 0 saturated heterocycles. The molecule has 2 aromatic carbocycles. The normalized spacial score (nSPS) is 11.7. The van der Waals surface area contributed by atoms with Crippen LogP contribution in [0.15, 0.2) is 42.7 Å². The Bertz CT molecular complexity index is 1570. The minimum absolute atomic E-state index is 0.0505. The van der Waals surface area contributed by atoms with Gasteiger partial charge in [0, 0.05) is 57.0 Å². The summed E-state index contributed by atoms with van der Waals surface area (Å²) in [7, 11) is 0.240. The Morgan fingerprint density at radius 1 is 1.10 bits per heavy atom. The van der Waals surface area contributed by atoms with Gasteiger partial charge in [0.2, 0.25) is 0 Å². The van der Waals surface area contributed by atoms with Crippen LogP contribution in [0.25, 0.3) is 22.0 Å². The number of aromatic nitrogens is 3. The summed E-state index contributed by atoms with van der Waals surface area (Å²) < 4.78 is 56.6. The van der Waals surface area contributed by atoms with Crippen LogP contribution in [0.4, 0.5) is 13.2 Å². The van der Waals surface area contributed by atoms with Crippen LogP contribution in [-0.4, -0.2) is 59.0 Å². The summed E-state index contributed by atoms with van der Waals surface area (Å²) in [5.74, 6) is -3.48. The fourth-order valence-corrected chi connectivity index (χ4v) is 5.32. The van der Waals surface area contributed by atoms with Crippen LogP contribution >= 0.6 is 0 Å². The van der Waals surface area contributed by atoms with Gasteiger partial charge in [0.25, 0.3) is 5.91 Å². The van der Waals surface area contributed by atoms with Crippen LogP contribution in [0.1, 0.15) is 28.5 Å². The van der Waals surface area contributed by atoms with E-state index in [1.165, 1.54) is 24.1 Å². The van der Waals surface area contributed by atoms with E-state index >= 15 is 4.39 Å². The quantitative estimate of drug-likeness (QED) is 0.159. The Labute approximate surface area is 243 Å². The average molecular weight is 601 g/mol. The third-order valence-corrected chi connectivity index (χ3v) is 8.44. The highest BCUT2D eigenvalue weighted by Crippen LogP contribution is 2.36. The predicted molar refractivity (Wildman–Crippen MR) is 156 cm³/mol. The largest absolute Gasteiger partial charge is 0.490 e. The lowest BCUT2D eigenvalue weighted by Gasteiger charge is -2.21. The van der Waals surface area contributed by atoms with Crippen molar-refractivity contribution >= 4 is 24.9 Å². The number of benzene rings is 2. The van der Waals surface area contributed by atoms with Gasteiger partial charge in [0.05, 0.1) is 36.2 Å². The summed E-state index contributed by atoms with van der Waals surface area (Å²) in [6.07, 6.45) is 3.16. The fourth-order valence-electron chi connectivity index (χ4n) is 4.57. The van der Waals surface area contributed by atoms with Gasteiger partial charge in [-0.1, -0.05) is 19.6 Å². The standard InChI is InChI=1S/C30H35F3N4O4Si/c1-6-41-29-23(19-11-21(31)13-22(32)12-19)7-8-24(27(29)33)30(39)36(2)16-20-14-34-26(17-38)25-15-35-37(28(20)25)18-40-9-10-42(3,4)5/h7-8,11-15,38H,6,9-10,16-18H2,1-5H3. The number of pyridine rings is 1. The van der Waals surface area contributed by atoms with Gasteiger partial charge in [-0.15, -0.1) is 0 Å². The Hall–Kier alpha value is -3.74. The summed E-state index contributed by atoms with van der Waals surface area (Å²) in [5, 5.41) is 14.9. The number of aliphatic hydroxyl groups is 1. The van der Waals surface area contributed by atoms with E-state index in [9.17, 15) is 18.7 Å². The first-order valence-corrected chi connectivity index (χ1v) is 17.3. The zero-order valence-corrected chi connectivity index (χ0v) is 25.4. The maximum atomic E-state index is 15.8. The first kappa shape index (κ1) is 31.2. The molecule has 0 aliphatic heterocycles. The lowest BCUT2D eigenvalue weighted by molar-refractivity contribution is 0.0776. The first-order valence-electron chi connectivity index (χ1n) is 13.6. The van der Waals surface area contributed by atoms with E-state index in [0.29, 0.717) is 28.8 Å². The van der Waals surface area contributed by atoms with E-state index in [2.05, 4.69) is 29.7 Å². The lowest BCUT2D eigenvalue weighted by Crippen LogP contribution is -2.28. The minimum Gasteiger partial charge on any atom is -0.490 e. The maximum absolute atomic E-state index is 15.8. The Morgan fingerprint density at radius 2 is 1.81 bits per heavy atom. The molecule has 42 heavy (non-hydrogen) atoms. The lowest BCUT2D eigenvalue weighted by atomic mass is 10.0. The van der Waals surface area contributed by atoms with E-state index in [-0.39, 0.29) is 48.9 Å². The number of rotatable bonds is 12. The maximum Gasteiger partial charge on any atom is 0.257 e. The number of aliphatic hydroxyl groups excluding tert-OH is 1. The Morgan fingerprint density at radius 3 is 2.45 bits per heavy atom. The van der Waals surface area contributed by atoms with Gasteiger partial charge in [-0.05, 0) is 42.8 Å². The van der Waals surface area contributed by atoms with Gasteiger partial charge >= 0.3 is 0 Å². The van der Waals surface area contributed by atoms with Crippen molar-refractivity contribution in [1.29, 1.82) is 0 Å². The molecule has 0 unspecified atom stereocenters. The Kier molecular flexibility index (Phi) is 9.70. The third kappa shape index (κ3) is 7.00. The number of hydrogen-bond acceptors (Lipinski definition) is 6. The smallest absolute Gasteiger partial charge is 0.257 e. The zero-order chi connectivity index (χ0) is 30.6. The van der Waals surface area contributed by atoms with Gasteiger partial charge in [-0.25, -0.2) is 17.9 Å². The molecule has 2 aromatic heterocycles. The molecule has 0 bridgehead atoms. The van der Waals surface area contributed by atoms with Gasteiger partial charge in [0.15, 0.2) is 11.6 Å². The second-order valence-electron chi connectivity index (χ2n) is 11.2. The van der Waals surface area contributed by atoms with Crippen LogP contribution in [0.2, 0.25) is 25.7 Å². The van der Waals surface area contributed by atoms with Crippen molar-refractivity contribution in [3.05, 3.63) is 77.0 Å². The molecule has 12 heteroatoms. The molecule has 0 aliphatic carbocycles. The van der Waals surface area contributed by atoms with Gasteiger partial charge < -0.3 is 19.5 Å². The van der Waals surface area contributed by atoms with Crippen molar-refractivity contribution in [2.75, 3.05) is 20.3 Å². The van der Waals surface area contributed by atoms with Gasteiger partial charge in [-0.3, -0.25) is 9.78 Å². The van der Waals surface area contributed by atoms with Crippen molar-refractivity contribution in [2.24, 2.45) is 0 Å². The number of hydrogen-bond donors (Lipinski definition) is 1. The molecular weight excluding hydrogens is 565 g/mol. The molecule has 1 N–H and O–H groups in total. The first-order chi connectivity index (χ1) is 19.9. The second-order valence-corrected chi connectivity index (χ2v) is 16.8. The van der Waals surface area contributed by atoms with E-state index in [1.54, 1.807) is 24.0 Å². The summed E-state index contributed by atoms with van der Waals surface area (Å²) in [4.78, 5) is 19.1. The molecule has 0 radical (unpaired) electrons. The molecule has 2 heterocycles. The van der Waals surface area contributed by atoms with Crippen LogP contribution in [0, 0.1) is 17.5 Å². The second kappa shape index (κ2) is 13.1. The molecule has 4 rings (SSSR count). The molecule has 0 spiro atoms. The molecule has 0 fully saturated rings. The van der Waals surface area contributed by atoms with Gasteiger partial charge in [-0.2, -0.15) is 5.10 Å². The number of halogens is 3. The fraction of sp³-hybridized carbons (Fsp3) is 0.367. The highest BCUT2D eigenvalue weighted by molar-refractivity contribution is 6.76. The molecular formula is C30H35F3N4O4Si. The highest BCUT2D eigenvalue weighted by Gasteiger charge is 2.25. The van der Waals surface area contributed by atoms with E-state index < -0.39 is 31.4 Å². The number of carbonyl (C=O) groups excluding carboxylic acids is 1. The van der Waals surface area contributed by atoms with E-state index in [1.807, 2.05) is 0 Å². The van der Waals surface area contributed by atoms with Crippen molar-refractivity contribution in [1.82, 2.24) is 19.7 Å². The zero-order valence-electron chi connectivity index (χ0n) is 24.4. The number of carbonyl (C=O) groups is 1. The van der Waals surface area contributed by atoms with Crippen molar-refractivity contribution < 1.29 is 32.5 Å². The van der Waals surface area contributed by atoms with Crippen LogP contribution in [0.5, 0.6) is 5.75 Å². The summed E-state index contributed by atoms with van der Waals surface area (Å²) in [6, 6.07) is 6.53. The molecule has 0 atom stereocenters. The molecule has 0 aliphatic rings. The van der Waals surface area contributed by atoms with Crippen molar-refractivity contribution in [3.63, 3.8) is 0 Å². The SMILES string of the molecule is CCOc1c(-c2cc(F)cc(F)c2)ccc(C(=O)N(C)Cc2cnc(CO)c3cnn(COCC[Si](C)(C)C)c23)c1F. The molecule has 1 amide bonds. The number of fused-ring (bicyclic) bond motifs is 1. The van der Waals surface area contributed by atoms with Crippen molar-refractivity contribution in [2.45, 2.75) is 52.5 Å². The average Bonchev–Trinajstić information content (AvgIpc) is 3.35. The third-order valence-electron chi connectivity index (χ3n) is 6.73. The topological polar surface area (TPSA) is 89.7 Å². The van der Waals surface area contributed by atoms with E-state index in [0.717, 1.165) is 24.2 Å². The summed E-state index contributed by atoms with van der Waals surface area (Å²) in [5.41, 5.74) is 1.66. The predicted octanol–water partition coefficient (Wildman–Crippen LogP) is 5.99. The summed E-state index contributed by atoms with van der Waals surface area (Å²) in [6.45, 7) is 9.03. The van der Waals surface area contributed by atoms with Crippen LogP contribution in [-0.2, 0) is 24.6 Å². The monoisotopic (exact) mass is 600 g/mol. The molecule has 0 saturated carbocycles. The summed E-state index contributed by atoms with van der Waals surface area (Å²) >= 11 is 0. The van der Waals surface area contributed by atoms with Crippen LogP contribution < -0.4 is 4.74 Å². The number of nitrogens with zero attached hydrogens (tertiary/aromatic N) is 4. The molecule has 4 aromatic rings. The highest BCUT2D eigenvalue weighted by atomic mass is 28.3.